The molecule has 0 aliphatic carbocycles. The van der Waals surface area contributed by atoms with Gasteiger partial charge in [-0.3, -0.25) is 4.79 Å². The third kappa shape index (κ3) is 3.52. The fourth-order valence-electron chi connectivity index (χ4n) is 3.80. The fourth-order valence-corrected chi connectivity index (χ4v) is 3.80. The molecule has 1 fully saturated rings. The predicted octanol–water partition coefficient (Wildman–Crippen LogP) is 3.31. The van der Waals surface area contributed by atoms with Crippen LogP contribution in [0.25, 0.3) is 0 Å². The van der Waals surface area contributed by atoms with Gasteiger partial charge < -0.3 is 10.2 Å². The first-order chi connectivity index (χ1) is 10.8. The van der Waals surface area contributed by atoms with Crippen molar-refractivity contribution >= 4 is 11.6 Å². The molecule has 1 N–H and O–H groups in total. The smallest absolute Gasteiger partial charge is 0.226 e. The number of aryl methyl sites for hydroxylation is 1. The van der Waals surface area contributed by atoms with Gasteiger partial charge >= 0.3 is 0 Å². The van der Waals surface area contributed by atoms with E-state index in [2.05, 4.69) is 30.4 Å². The minimum atomic E-state index is 0.287. The number of piperidine rings is 1. The number of rotatable bonds is 4. The number of amides is 1. The number of anilines is 1. The van der Waals surface area contributed by atoms with Crippen LogP contribution in [-0.4, -0.2) is 25.5 Å². The van der Waals surface area contributed by atoms with Crippen molar-refractivity contribution in [2.75, 3.05) is 24.5 Å². The number of benzene rings is 1. The quantitative estimate of drug-likeness (QED) is 0.925. The van der Waals surface area contributed by atoms with E-state index in [1.807, 2.05) is 4.90 Å². The van der Waals surface area contributed by atoms with E-state index in [-0.39, 0.29) is 5.91 Å². The Morgan fingerprint density at radius 2 is 2.14 bits per heavy atom. The molecule has 0 radical (unpaired) electrons. The standard InChI is InChI=1S/C19H28N2O/c1-2-4-19(22)21-12-3-5-17-14-16(6-7-18(17)21)13-15-8-10-20-11-9-15/h6-7,14-15,20H,2-5,8-13H2,1H3. The highest BCUT2D eigenvalue weighted by Gasteiger charge is 2.22. The summed E-state index contributed by atoms with van der Waals surface area (Å²) in [5, 5.41) is 3.44. The Hall–Kier alpha value is -1.35. The first-order valence-electron chi connectivity index (χ1n) is 8.91. The number of fused-ring (bicyclic) bond motifs is 1. The molecular formula is C19H28N2O. The number of hydrogen-bond acceptors (Lipinski definition) is 2. The van der Waals surface area contributed by atoms with Gasteiger partial charge in [-0.25, -0.2) is 0 Å². The van der Waals surface area contributed by atoms with Crippen LogP contribution in [0.5, 0.6) is 0 Å². The second-order valence-electron chi connectivity index (χ2n) is 6.76. The van der Waals surface area contributed by atoms with Crippen LogP contribution in [0, 0.1) is 5.92 Å². The molecule has 1 amide bonds. The minimum Gasteiger partial charge on any atom is -0.317 e. The van der Waals surface area contributed by atoms with Gasteiger partial charge in [0.15, 0.2) is 0 Å². The summed E-state index contributed by atoms with van der Waals surface area (Å²) in [6.45, 7) is 5.29. The van der Waals surface area contributed by atoms with Gasteiger partial charge in [-0.05, 0) is 74.7 Å². The minimum absolute atomic E-state index is 0.287. The van der Waals surface area contributed by atoms with Gasteiger partial charge in [-0.1, -0.05) is 19.1 Å². The van der Waals surface area contributed by atoms with Gasteiger partial charge in [0.05, 0.1) is 0 Å². The molecule has 1 saturated heterocycles. The highest BCUT2D eigenvalue weighted by molar-refractivity contribution is 5.94. The Balaban J connectivity index is 1.73. The Morgan fingerprint density at radius 1 is 1.32 bits per heavy atom. The van der Waals surface area contributed by atoms with Crippen LogP contribution in [0.15, 0.2) is 18.2 Å². The summed E-state index contributed by atoms with van der Waals surface area (Å²) in [6, 6.07) is 6.81. The van der Waals surface area contributed by atoms with Gasteiger partial charge in [0.1, 0.15) is 0 Å². The molecule has 0 bridgehead atoms. The van der Waals surface area contributed by atoms with Crippen LogP contribution in [0.3, 0.4) is 0 Å². The molecule has 22 heavy (non-hydrogen) atoms. The first kappa shape index (κ1) is 15.5. The van der Waals surface area contributed by atoms with Gasteiger partial charge in [0, 0.05) is 18.7 Å². The molecule has 0 atom stereocenters. The van der Waals surface area contributed by atoms with E-state index < -0.39 is 0 Å². The molecule has 0 saturated carbocycles. The second-order valence-corrected chi connectivity index (χ2v) is 6.76. The highest BCUT2D eigenvalue weighted by atomic mass is 16.2. The average Bonchev–Trinajstić information content (AvgIpc) is 2.55. The molecule has 120 valence electrons. The lowest BCUT2D eigenvalue weighted by Crippen LogP contribution is -2.35. The van der Waals surface area contributed by atoms with Gasteiger partial charge in [-0.15, -0.1) is 0 Å². The maximum Gasteiger partial charge on any atom is 0.226 e. The zero-order valence-electron chi connectivity index (χ0n) is 13.7. The SMILES string of the molecule is CCCC(=O)N1CCCc2cc(CC3CCNCC3)ccc21. The molecule has 1 aromatic rings. The largest absolute Gasteiger partial charge is 0.317 e. The van der Waals surface area contributed by atoms with Crippen LogP contribution in [0.1, 0.15) is 50.2 Å². The van der Waals surface area contributed by atoms with Crippen molar-refractivity contribution in [2.45, 2.75) is 51.9 Å². The topological polar surface area (TPSA) is 32.3 Å². The highest BCUT2D eigenvalue weighted by Crippen LogP contribution is 2.30. The molecule has 2 heterocycles. The van der Waals surface area contributed by atoms with Crippen molar-refractivity contribution in [1.82, 2.24) is 5.32 Å². The Kier molecular flexibility index (Phi) is 5.14. The number of carbonyl (C=O) groups excluding carboxylic acids is 1. The molecule has 3 nitrogen and oxygen atoms in total. The van der Waals surface area contributed by atoms with E-state index in [1.165, 1.54) is 36.1 Å². The lowest BCUT2D eigenvalue weighted by molar-refractivity contribution is -0.118. The molecule has 0 unspecified atom stereocenters. The zero-order chi connectivity index (χ0) is 15.4. The third-order valence-corrected chi connectivity index (χ3v) is 5.01. The van der Waals surface area contributed by atoms with Crippen LogP contribution >= 0.6 is 0 Å². The van der Waals surface area contributed by atoms with Crippen molar-refractivity contribution in [3.63, 3.8) is 0 Å². The van der Waals surface area contributed by atoms with E-state index in [1.54, 1.807) is 0 Å². The number of nitrogens with one attached hydrogen (secondary N) is 1. The molecular weight excluding hydrogens is 272 g/mol. The van der Waals surface area contributed by atoms with E-state index >= 15 is 0 Å². The summed E-state index contributed by atoms with van der Waals surface area (Å²) in [5.74, 6) is 1.11. The number of hydrogen-bond donors (Lipinski definition) is 1. The predicted molar refractivity (Wildman–Crippen MR) is 91.3 cm³/mol. The van der Waals surface area contributed by atoms with Gasteiger partial charge in [0.25, 0.3) is 0 Å². The van der Waals surface area contributed by atoms with Crippen LogP contribution in [-0.2, 0) is 17.6 Å². The van der Waals surface area contributed by atoms with Gasteiger partial charge in [-0.2, -0.15) is 0 Å². The van der Waals surface area contributed by atoms with E-state index in [4.69, 9.17) is 0 Å². The van der Waals surface area contributed by atoms with Crippen molar-refractivity contribution in [3.8, 4) is 0 Å². The first-order valence-corrected chi connectivity index (χ1v) is 8.91. The second kappa shape index (κ2) is 7.28. The summed E-state index contributed by atoms with van der Waals surface area (Å²) in [6.07, 6.45) is 7.58. The van der Waals surface area contributed by atoms with E-state index in [9.17, 15) is 4.79 Å². The maximum atomic E-state index is 12.3. The number of nitrogens with zero attached hydrogens (tertiary/aromatic N) is 1. The monoisotopic (exact) mass is 300 g/mol. The van der Waals surface area contributed by atoms with Crippen LogP contribution in [0.2, 0.25) is 0 Å². The summed E-state index contributed by atoms with van der Waals surface area (Å²) < 4.78 is 0. The molecule has 3 rings (SSSR count). The van der Waals surface area contributed by atoms with Gasteiger partial charge in [0.2, 0.25) is 5.91 Å². The van der Waals surface area contributed by atoms with Crippen molar-refractivity contribution < 1.29 is 4.79 Å². The Morgan fingerprint density at radius 3 is 2.91 bits per heavy atom. The van der Waals surface area contributed by atoms with Crippen molar-refractivity contribution in [2.24, 2.45) is 5.92 Å². The summed E-state index contributed by atoms with van der Waals surface area (Å²) in [5.41, 5.74) is 4.00. The summed E-state index contributed by atoms with van der Waals surface area (Å²) >= 11 is 0. The zero-order valence-corrected chi connectivity index (χ0v) is 13.7. The van der Waals surface area contributed by atoms with E-state index in [0.29, 0.717) is 6.42 Å². The lowest BCUT2D eigenvalue weighted by Gasteiger charge is -2.30. The van der Waals surface area contributed by atoms with Crippen LogP contribution in [0.4, 0.5) is 5.69 Å². The normalized spacial score (nSPS) is 19.0. The third-order valence-electron chi connectivity index (χ3n) is 5.01. The fraction of sp³-hybridized carbons (Fsp3) is 0.632. The average molecular weight is 300 g/mol. The van der Waals surface area contributed by atoms with Crippen molar-refractivity contribution in [1.29, 1.82) is 0 Å². The lowest BCUT2D eigenvalue weighted by atomic mass is 9.89. The Labute approximate surface area is 134 Å². The molecule has 0 aromatic heterocycles. The summed E-state index contributed by atoms with van der Waals surface area (Å²) in [4.78, 5) is 14.3. The summed E-state index contributed by atoms with van der Waals surface area (Å²) in [7, 11) is 0. The molecule has 1 aromatic carbocycles. The molecule has 2 aliphatic rings. The molecule has 2 aliphatic heterocycles. The molecule has 0 spiro atoms. The Bertz CT molecular complexity index is 520. The van der Waals surface area contributed by atoms with Crippen molar-refractivity contribution in [3.05, 3.63) is 29.3 Å². The van der Waals surface area contributed by atoms with E-state index in [0.717, 1.165) is 44.8 Å². The molecule has 3 heteroatoms. The van der Waals surface area contributed by atoms with Crippen LogP contribution < -0.4 is 10.2 Å². The number of carbonyl (C=O) groups is 1. The maximum absolute atomic E-state index is 12.3.